The summed E-state index contributed by atoms with van der Waals surface area (Å²) in [7, 11) is 0. The topological polar surface area (TPSA) is 107 Å². The van der Waals surface area contributed by atoms with E-state index in [4.69, 9.17) is 5.73 Å². The summed E-state index contributed by atoms with van der Waals surface area (Å²) in [6.45, 7) is 0. The molecule has 9 heteroatoms. The number of hydrogen-bond donors (Lipinski definition) is 2. The number of aromatic amines is 1. The van der Waals surface area contributed by atoms with Crippen molar-refractivity contribution in [3.63, 3.8) is 0 Å². The number of rotatable bonds is 2. The quantitative estimate of drug-likeness (QED) is 0.564. The number of H-pyrrole nitrogens is 1. The van der Waals surface area contributed by atoms with E-state index in [0.717, 1.165) is 25.7 Å². The van der Waals surface area contributed by atoms with Crippen LogP contribution >= 0.6 is 0 Å². The van der Waals surface area contributed by atoms with E-state index in [1.807, 2.05) is 0 Å². The SMILES string of the molecule is NC1CCC(n2c(=O)[nH]c3cnc(-c4cnc5ccc(F)cn45)nc32)CC1. The Hall–Kier alpha value is -3.07. The van der Waals surface area contributed by atoms with E-state index in [2.05, 4.69) is 19.9 Å². The molecule has 0 saturated heterocycles. The summed E-state index contributed by atoms with van der Waals surface area (Å²) in [6, 6.07) is 3.21. The van der Waals surface area contributed by atoms with Gasteiger partial charge >= 0.3 is 5.69 Å². The van der Waals surface area contributed by atoms with Gasteiger partial charge in [0.1, 0.15) is 22.7 Å². The lowest BCUT2D eigenvalue weighted by atomic mass is 9.92. The Balaban J connectivity index is 1.65. The predicted octanol–water partition coefficient (Wildman–Crippen LogP) is 2.02. The van der Waals surface area contributed by atoms with Crippen molar-refractivity contribution >= 4 is 16.8 Å². The molecule has 5 rings (SSSR count). The lowest BCUT2D eigenvalue weighted by molar-refractivity contribution is 0.323. The summed E-state index contributed by atoms with van der Waals surface area (Å²) in [5, 5.41) is 0. The predicted molar refractivity (Wildman–Crippen MR) is 97.8 cm³/mol. The molecule has 4 aromatic heterocycles. The number of fused-ring (bicyclic) bond motifs is 2. The van der Waals surface area contributed by atoms with Gasteiger partial charge in [-0.05, 0) is 37.8 Å². The largest absolute Gasteiger partial charge is 0.328 e. The van der Waals surface area contributed by atoms with E-state index in [0.29, 0.717) is 28.3 Å². The van der Waals surface area contributed by atoms with E-state index in [-0.39, 0.29) is 23.6 Å². The highest BCUT2D eigenvalue weighted by molar-refractivity contribution is 5.72. The molecule has 0 bridgehead atoms. The molecule has 0 radical (unpaired) electrons. The van der Waals surface area contributed by atoms with E-state index >= 15 is 0 Å². The summed E-state index contributed by atoms with van der Waals surface area (Å²) < 4.78 is 17.0. The average molecular weight is 367 g/mol. The Morgan fingerprint density at radius 1 is 1.15 bits per heavy atom. The van der Waals surface area contributed by atoms with Gasteiger partial charge in [0.05, 0.1) is 12.4 Å². The van der Waals surface area contributed by atoms with Crippen LogP contribution < -0.4 is 11.4 Å². The Bertz CT molecular complexity index is 1200. The van der Waals surface area contributed by atoms with Gasteiger partial charge < -0.3 is 10.7 Å². The van der Waals surface area contributed by atoms with Crippen molar-refractivity contribution in [2.24, 2.45) is 5.73 Å². The summed E-state index contributed by atoms with van der Waals surface area (Å²) in [5.41, 5.74) is 8.10. The Morgan fingerprint density at radius 3 is 2.78 bits per heavy atom. The molecule has 0 unspecified atom stereocenters. The average Bonchev–Trinajstić information content (AvgIpc) is 3.22. The highest BCUT2D eigenvalue weighted by Crippen LogP contribution is 2.29. The standard InChI is InChI=1S/C18H18FN7O/c19-10-1-6-15-21-8-14(25(15)9-10)16-22-7-13-17(24-16)26(18(27)23-13)12-4-2-11(20)3-5-12/h1,6-9,11-12H,2-5,20H2,(H,23,27). The normalized spacial score (nSPS) is 20.5. The third-order valence-electron chi connectivity index (χ3n) is 5.26. The van der Waals surface area contributed by atoms with Gasteiger partial charge in [-0.25, -0.2) is 24.1 Å². The number of nitrogens with zero attached hydrogens (tertiary/aromatic N) is 5. The van der Waals surface area contributed by atoms with Crippen LogP contribution in [-0.2, 0) is 0 Å². The van der Waals surface area contributed by atoms with Crippen LogP contribution in [0.15, 0.2) is 35.5 Å². The molecule has 1 saturated carbocycles. The van der Waals surface area contributed by atoms with Crippen LogP contribution in [0.2, 0.25) is 0 Å². The third-order valence-corrected chi connectivity index (χ3v) is 5.26. The number of aromatic nitrogens is 6. The second-order valence-corrected chi connectivity index (χ2v) is 7.02. The van der Waals surface area contributed by atoms with E-state index in [9.17, 15) is 9.18 Å². The van der Waals surface area contributed by atoms with Crippen molar-refractivity contribution in [2.45, 2.75) is 37.8 Å². The van der Waals surface area contributed by atoms with Crippen LogP contribution in [0.1, 0.15) is 31.7 Å². The maximum absolute atomic E-state index is 13.7. The van der Waals surface area contributed by atoms with Gasteiger partial charge in [0, 0.05) is 18.3 Å². The van der Waals surface area contributed by atoms with Gasteiger partial charge in [-0.3, -0.25) is 8.97 Å². The zero-order valence-electron chi connectivity index (χ0n) is 14.5. The monoisotopic (exact) mass is 367 g/mol. The molecule has 0 spiro atoms. The molecular formula is C18H18FN7O. The fourth-order valence-electron chi connectivity index (χ4n) is 3.86. The van der Waals surface area contributed by atoms with Crippen LogP contribution in [0.4, 0.5) is 4.39 Å². The van der Waals surface area contributed by atoms with E-state index in [1.165, 1.54) is 12.3 Å². The molecule has 0 aliphatic heterocycles. The van der Waals surface area contributed by atoms with Gasteiger partial charge in [0.25, 0.3) is 0 Å². The molecule has 1 aliphatic carbocycles. The zero-order valence-corrected chi connectivity index (χ0v) is 14.5. The molecular weight excluding hydrogens is 349 g/mol. The molecule has 0 amide bonds. The number of imidazole rings is 2. The van der Waals surface area contributed by atoms with Crippen molar-refractivity contribution in [3.05, 3.63) is 47.0 Å². The molecule has 8 nitrogen and oxygen atoms in total. The van der Waals surface area contributed by atoms with Gasteiger partial charge in [-0.2, -0.15) is 0 Å². The molecule has 0 aromatic carbocycles. The zero-order chi connectivity index (χ0) is 18.5. The highest BCUT2D eigenvalue weighted by Gasteiger charge is 2.24. The number of hydrogen-bond acceptors (Lipinski definition) is 5. The molecule has 1 aliphatic rings. The third kappa shape index (κ3) is 2.62. The van der Waals surface area contributed by atoms with Gasteiger partial charge in [0.2, 0.25) is 0 Å². The highest BCUT2D eigenvalue weighted by atomic mass is 19.1. The Morgan fingerprint density at radius 2 is 1.96 bits per heavy atom. The first-order valence-corrected chi connectivity index (χ1v) is 8.96. The second kappa shape index (κ2) is 5.98. The van der Waals surface area contributed by atoms with Crippen molar-refractivity contribution in [1.82, 2.24) is 28.9 Å². The molecule has 4 heterocycles. The minimum atomic E-state index is -0.375. The van der Waals surface area contributed by atoms with Gasteiger partial charge in [-0.1, -0.05) is 0 Å². The summed E-state index contributed by atoms with van der Waals surface area (Å²) >= 11 is 0. The summed E-state index contributed by atoms with van der Waals surface area (Å²) in [5.74, 6) is 0.0146. The molecule has 4 aromatic rings. The van der Waals surface area contributed by atoms with E-state index in [1.54, 1.807) is 27.4 Å². The minimum Gasteiger partial charge on any atom is -0.328 e. The maximum Gasteiger partial charge on any atom is 0.327 e. The lowest BCUT2D eigenvalue weighted by Gasteiger charge is -2.26. The smallest absolute Gasteiger partial charge is 0.327 e. The van der Waals surface area contributed by atoms with Crippen LogP contribution in [0.3, 0.4) is 0 Å². The Labute approximate surface area is 152 Å². The first-order valence-electron chi connectivity index (χ1n) is 8.96. The van der Waals surface area contributed by atoms with E-state index < -0.39 is 0 Å². The fourth-order valence-corrected chi connectivity index (χ4v) is 3.86. The molecule has 138 valence electrons. The second-order valence-electron chi connectivity index (χ2n) is 7.02. The van der Waals surface area contributed by atoms with Crippen molar-refractivity contribution < 1.29 is 4.39 Å². The summed E-state index contributed by atoms with van der Waals surface area (Å²) in [6.07, 6.45) is 7.98. The first-order chi connectivity index (χ1) is 13.1. The van der Waals surface area contributed by atoms with Crippen molar-refractivity contribution in [3.8, 4) is 11.5 Å². The molecule has 3 N–H and O–H groups in total. The first kappa shape index (κ1) is 16.1. The summed E-state index contributed by atoms with van der Waals surface area (Å²) in [4.78, 5) is 28.6. The maximum atomic E-state index is 13.7. The fraction of sp³-hybridized carbons (Fsp3) is 0.333. The number of pyridine rings is 1. The van der Waals surface area contributed by atoms with Crippen molar-refractivity contribution in [2.75, 3.05) is 0 Å². The number of nitrogens with two attached hydrogens (primary N) is 1. The van der Waals surface area contributed by atoms with Crippen molar-refractivity contribution in [1.29, 1.82) is 0 Å². The molecule has 27 heavy (non-hydrogen) atoms. The molecule has 1 fully saturated rings. The molecule has 0 atom stereocenters. The van der Waals surface area contributed by atoms with Crippen LogP contribution in [0, 0.1) is 5.82 Å². The number of nitrogens with one attached hydrogen (secondary N) is 1. The minimum absolute atomic E-state index is 0.0634. The Kier molecular flexibility index (Phi) is 3.57. The lowest BCUT2D eigenvalue weighted by Crippen LogP contribution is -2.31. The number of halogens is 1. The van der Waals surface area contributed by atoms with Gasteiger partial charge in [-0.15, -0.1) is 0 Å². The van der Waals surface area contributed by atoms with Crippen LogP contribution in [-0.4, -0.2) is 34.9 Å². The van der Waals surface area contributed by atoms with Crippen LogP contribution in [0.5, 0.6) is 0 Å². The van der Waals surface area contributed by atoms with Crippen LogP contribution in [0.25, 0.3) is 28.3 Å². The van der Waals surface area contributed by atoms with Gasteiger partial charge in [0.15, 0.2) is 11.5 Å².